The van der Waals surface area contributed by atoms with Gasteiger partial charge in [0.15, 0.2) is 0 Å². The standard InChI is InChI=1S/C13H7Br2Cl2F/c14-8-2-1-3-11(18)12(8)13(15)7-4-5-9(16)10(17)6-7/h1-6,13H. The molecule has 5 heteroatoms. The van der Waals surface area contributed by atoms with Gasteiger partial charge in [-0.2, -0.15) is 0 Å². The average molecular weight is 413 g/mol. The van der Waals surface area contributed by atoms with Gasteiger partial charge in [0.2, 0.25) is 0 Å². The summed E-state index contributed by atoms with van der Waals surface area (Å²) in [6.45, 7) is 0. The topological polar surface area (TPSA) is 0 Å². The third-order valence-corrected chi connectivity index (χ3v) is 4.91. The van der Waals surface area contributed by atoms with E-state index in [0.717, 1.165) is 5.56 Å². The van der Waals surface area contributed by atoms with Gasteiger partial charge in [-0.05, 0) is 29.8 Å². The van der Waals surface area contributed by atoms with Crippen molar-refractivity contribution >= 4 is 55.1 Å². The summed E-state index contributed by atoms with van der Waals surface area (Å²) < 4.78 is 14.6. The fraction of sp³-hybridized carbons (Fsp3) is 0.0769. The van der Waals surface area contributed by atoms with Crippen molar-refractivity contribution in [3.8, 4) is 0 Å². The van der Waals surface area contributed by atoms with Crippen LogP contribution in [0.3, 0.4) is 0 Å². The summed E-state index contributed by atoms with van der Waals surface area (Å²) in [7, 11) is 0. The number of alkyl halides is 1. The molecule has 0 nitrogen and oxygen atoms in total. The first-order chi connectivity index (χ1) is 8.50. The van der Waals surface area contributed by atoms with Crippen molar-refractivity contribution < 1.29 is 4.39 Å². The summed E-state index contributed by atoms with van der Waals surface area (Å²) in [5.74, 6) is -0.280. The Morgan fingerprint density at radius 3 is 2.39 bits per heavy atom. The average Bonchev–Trinajstić information content (AvgIpc) is 2.32. The molecule has 18 heavy (non-hydrogen) atoms. The Bertz CT molecular complexity index is 567. The van der Waals surface area contributed by atoms with Crippen molar-refractivity contribution in [1.82, 2.24) is 0 Å². The molecule has 2 aromatic rings. The van der Waals surface area contributed by atoms with Crippen LogP contribution in [0.2, 0.25) is 10.0 Å². The fourth-order valence-electron chi connectivity index (χ4n) is 1.59. The highest BCUT2D eigenvalue weighted by Crippen LogP contribution is 2.38. The van der Waals surface area contributed by atoms with Crippen LogP contribution in [-0.2, 0) is 0 Å². The van der Waals surface area contributed by atoms with Crippen LogP contribution < -0.4 is 0 Å². The lowest BCUT2D eigenvalue weighted by atomic mass is 10.0. The Labute approximate surface area is 131 Å². The summed E-state index contributed by atoms with van der Waals surface area (Å²) in [5.41, 5.74) is 1.38. The predicted molar refractivity (Wildman–Crippen MR) is 81.3 cm³/mol. The number of halogens is 5. The van der Waals surface area contributed by atoms with Gasteiger partial charge in [-0.25, -0.2) is 4.39 Å². The molecule has 0 fully saturated rings. The van der Waals surface area contributed by atoms with Crippen molar-refractivity contribution in [2.45, 2.75) is 4.83 Å². The summed E-state index contributed by atoms with van der Waals surface area (Å²) >= 11 is 18.7. The molecule has 0 aliphatic rings. The molecule has 0 aromatic heterocycles. The van der Waals surface area contributed by atoms with Gasteiger partial charge in [-0.1, -0.05) is 67.2 Å². The van der Waals surface area contributed by atoms with Crippen LogP contribution in [0.4, 0.5) is 4.39 Å². The lowest BCUT2D eigenvalue weighted by molar-refractivity contribution is 0.612. The SMILES string of the molecule is Fc1cccc(Br)c1C(Br)c1ccc(Cl)c(Cl)c1. The van der Waals surface area contributed by atoms with Crippen molar-refractivity contribution in [2.75, 3.05) is 0 Å². The van der Waals surface area contributed by atoms with Gasteiger partial charge in [0.05, 0.1) is 14.9 Å². The summed E-state index contributed by atoms with van der Waals surface area (Å²) in [6, 6.07) is 10.1. The number of benzene rings is 2. The molecule has 1 atom stereocenters. The molecule has 0 spiro atoms. The Morgan fingerprint density at radius 1 is 1.06 bits per heavy atom. The van der Waals surface area contributed by atoms with E-state index in [4.69, 9.17) is 23.2 Å². The second-order valence-electron chi connectivity index (χ2n) is 3.67. The maximum atomic E-state index is 13.8. The van der Waals surface area contributed by atoms with E-state index in [-0.39, 0.29) is 10.6 Å². The third-order valence-electron chi connectivity index (χ3n) is 2.49. The van der Waals surface area contributed by atoms with Crippen molar-refractivity contribution in [3.63, 3.8) is 0 Å². The quantitative estimate of drug-likeness (QED) is 0.502. The van der Waals surface area contributed by atoms with Gasteiger partial charge in [-0.15, -0.1) is 0 Å². The molecule has 0 aliphatic heterocycles. The smallest absolute Gasteiger partial charge is 0.129 e. The van der Waals surface area contributed by atoms with E-state index in [0.29, 0.717) is 20.1 Å². The van der Waals surface area contributed by atoms with Crippen LogP contribution in [0.25, 0.3) is 0 Å². The highest BCUT2D eigenvalue weighted by molar-refractivity contribution is 9.11. The molecule has 1 unspecified atom stereocenters. The van der Waals surface area contributed by atoms with E-state index in [9.17, 15) is 4.39 Å². The minimum Gasteiger partial charge on any atom is -0.207 e. The van der Waals surface area contributed by atoms with Crippen LogP contribution in [0.5, 0.6) is 0 Å². The van der Waals surface area contributed by atoms with Crippen molar-refractivity contribution in [3.05, 3.63) is 67.9 Å². The monoisotopic (exact) mass is 410 g/mol. The van der Waals surface area contributed by atoms with Gasteiger partial charge in [0, 0.05) is 10.0 Å². The van der Waals surface area contributed by atoms with Crippen LogP contribution in [0.1, 0.15) is 16.0 Å². The second-order valence-corrected chi connectivity index (χ2v) is 6.26. The zero-order valence-corrected chi connectivity index (χ0v) is 13.6. The molecular formula is C13H7Br2Cl2F. The Balaban J connectivity index is 2.48. The molecule has 2 aromatic carbocycles. The molecule has 0 radical (unpaired) electrons. The van der Waals surface area contributed by atoms with Gasteiger partial charge in [0.1, 0.15) is 5.82 Å². The number of hydrogen-bond donors (Lipinski definition) is 0. The molecular weight excluding hydrogens is 406 g/mol. The van der Waals surface area contributed by atoms with E-state index in [1.165, 1.54) is 6.07 Å². The molecule has 94 valence electrons. The molecule has 0 bridgehead atoms. The molecule has 0 amide bonds. The molecule has 0 N–H and O–H groups in total. The molecule has 0 aliphatic carbocycles. The summed E-state index contributed by atoms with van der Waals surface area (Å²) in [4.78, 5) is -0.289. The molecule has 0 heterocycles. The number of rotatable bonds is 2. The van der Waals surface area contributed by atoms with Crippen LogP contribution in [-0.4, -0.2) is 0 Å². The van der Waals surface area contributed by atoms with E-state index in [1.54, 1.807) is 24.3 Å². The van der Waals surface area contributed by atoms with E-state index in [1.807, 2.05) is 6.07 Å². The normalized spacial score (nSPS) is 12.5. The minimum atomic E-state index is -0.289. The number of hydrogen-bond acceptors (Lipinski definition) is 0. The first-order valence-corrected chi connectivity index (χ1v) is 7.50. The fourth-order valence-corrected chi connectivity index (χ4v) is 3.52. The predicted octanol–water partition coefficient (Wildman–Crippen LogP) is 6.38. The van der Waals surface area contributed by atoms with Crippen LogP contribution >= 0.6 is 55.1 Å². The molecule has 2 rings (SSSR count). The minimum absolute atomic E-state index is 0.280. The lowest BCUT2D eigenvalue weighted by Gasteiger charge is -2.14. The van der Waals surface area contributed by atoms with Gasteiger partial charge >= 0.3 is 0 Å². The van der Waals surface area contributed by atoms with Crippen LogP contribution in [0, 0.1) is 5.82 Å². The molecule has 0 saturated heterocycles. The van der Waals surface area contributed by atoms with E-state index < -0.39 is 0 Å². The summed E-state index contributed by atoms with van der Waals surface area (Å²) in [5, 5.41) is 0.929. The lowest BCUT2D eigenvalue weighted by Crippen LogP contribution is -1.98. The first kappa shape index (κ1) is 14.3. The maximum Gasteiger partial charge on any atom is 0.129 e. The Hall–Kier alpha value is -0.0900. The second kappa shape index (κ2) is 5.91. The first-order valence-electron chi connectivity index (χ1n) is 5.03. The molecule has 0 saturated carbocycles. The van der Waals surface area contributed by atoms with E-state index >= 15 is 0 Å². The van der Waals surface area contributed by atoms with Crippen LogP contribution in [0.15, 0.2) is 40.9 Å². The van der Waals surface area contributed by atoms with E-state index in [2.05, 4.69) is 31.9 Å². The summed E-state index contributed by atoms with van der Waals surface area (Å²) in [6.07, 6.45) is 0. The highest BCUT2D eigenvalue weighted by atomic mass is 79.9. The largest absolute Gasteiger partial charge is 0.207 e. The zero-order chi connectivity index (χ0) is 13.3. The van der Waals surface area contributed by atoms with Crippen molar-refractivity contribution in [2.24, 2.45) is 0 Å². The maximum absolute atomic E-state index is 13.8. The van der Waals surface area contributed by atoms with Gasteiger partial charge in [0.25, 0.3) is 0 Å². The van der Waals surface area contributed by atoms with Crippen molar-refractivity contribution in [1.29, 1.82) is 0 Å². The third kappa shape index (κ3) is 2.90. The van der Waals surface area contributed by atoms with Gasteiger partial charge < -0.3 is 0 Å². The Kier molecular flexibility index (Phi) is 4.70. The highest BCUT2D eigenvalue weighted by Gasteiger charge is 2.18. The van der Waals surface area contributed by atoms with Gasteiger partial charge in [-0.3, -0.25) is 0 Å². The Morgan fingerprint density at radius 2 is 1.78 bits per heavy atom. The zero-order valence-electron chi connectivity index (χ0n) is 8.93.